The summed E-state index contributed by atoms with van der Waals surface area (Å²) in [5.74, 6) is -0.122. The number of nitriles is 1. The van der Waals surface area contributed by atoms with Crippen molar-refractivity contribution in [2.45, 2.75) is 44.2 Å². The van der Waals surface area contributed by atoms with E-state index in [1.807, 2.05) is 31.1 Å². The van der Waals surface area contributed by atoms with E-state index < -0.39 is 0 Å². The van der Waals surface area contributed by atoms with Gasteiger partial charge < -0.3 is 20.9 Å². The number of piperidine rings is 1. The van der Waals surface area contributed by atoms with Crippen molar-refractivity contribution in [1.82, 2.24) is 20.0 Å². The monoisotopic (exact) mass is 520 g/mol. The lowest BCUT2D eigenvalue weighted by Gasteiger charge is -2.46. The van der Waals surface area contributed by atoms with Gasteiger partial charge in [0.25, 0.3) is 0 Å². The Balaban J connectivity index is 1.39. The summed E-state index contributed by atoms with van der Waals surface area (Å²) in [4.78, 5) is 34.7. The zero-order valence-corrected chi connectivity index (χ0v) is 22.7. The van der Waals surface area contributed by atoms with Crippen molar-refractivity contribution in [3.05, 3.63) is 51.4 Å². The molecule has 3 amide bonds. The normalized spacial score (nSPS) is 24.6. The van der Waals surface area contributed by atoms with Crippen LogP contribution in [0.4, 0.5) is 9.80 Å². The molecule has 1 aliphatic heterocycles. The molecule has 1 aromatic carbocycles. The number of fused-ring (bicyclic) bond motifs is 3. The van der Waals surface area contributed by atoms with Gasteiger partial charge in [-0.05, 0) is 75.9 Å². The molecule has 1 saturated heterocycles. The number of rotatable bonds is 5. The van der Waals surface area contributed by atoms with Gasteiger partial charge in [-0.3, -0.25) is 9.69 Å². The minimum absolute atomic E-state index is 0.0921. The average Bonchev–Trinajstić information content (AvgIpc) is 3.42. The molecule has 0 spiro atoms. The zero-order chi connectivity index (χ0) is 26.3. The summed E-state index contributed by atoms with van der Waals surface area (Å²) in [7, 11) is 6.01. The molecule has 3 aliphatic rings. The van der Waals surface area contributed by atoms with Gasteiger partial charge in [0, 0.05) is 30.6 Å². The maximum Gasteiger partial charge on any atom is 0.324 e. The Labute approximate surface area is 223 Å². The minimum atomic E-state index is -0.304. The van der Waals surface area contributed by atoms with Crippen LogP contribution in [0.25, 0.3) is 0 Å². The number of amides is 3. The first kappa shape index (κ1) is 25.7. The number of hydrogen-bond donors (Lipinski definition) is 2. The second-order valence-electron chi connectivity index (χ2n) is 11.0. The van der Waals surface area contributed by atoms with Crippen molar-refractivity contribution in [3.63, 3.8) is 0 Å². The highest BCUT2D eigenvalue weighted by molar-refractivity contribution is 7.16. The first-order valence-electron chi connectivity index (χ1n) is 13.1. The Bertz CT molecular complexity index is 1230. The molecule has 5 rings (SSSR count). The third-order valence-corrected chi connectivity index (χ3v) is 9.43. The van der Waals surface area contributed by atoms with Gasteiger partial charge in [-0.15, -0.1) is 11.3 Å². The third kappa shape index (κ3) is 4.86. The number of hydrogen-bond acceptors (Lipinski definition) is 7. The van der Waals surface area contributed by atoms with Crippen molar-refractivity contribution in [1.29, 1.82) is 5.26 Å². The molecule has 9 heteroatoms. The lowest BCUT2D eigenvalue weighted by Crippen LogP contribution is -2.56. The Morgan fingerprint density at radius 1 is 1.27 bits per heavy atom. The fourth-order valence-electron chi connectivity index (χ4n) is 6.52. The molecule has 1 fully saturated rings. The quantitative estimate of drug-likeness (QED) is 0.628. The summed E-state index contributed by atoms with van der Waals surface area (Å²) in [6.07, 6.45) is 3.95. The number of nitrogens with zero attached hydrogens (tertiary/aromatic N) is 4. The van der Waals surface area contributed by atoms with Gasteiger partial charge in [0.15, 0.2) is 0 Å². The highest BCUT2D eigenvalue weighted by Crippen LogP contribution is 2.44. The molecule has 0 bridgehead atoms. The zero-order valence-electron chi connectivity index (χ0n) is 21.9. The van der Waals surface area contributed by atoms with Gasteiger partial charge in [-0.2, -0.15) is 5.26 Å². The standard InChI is InChI=1S/C28H36N6O2S/c1-32(2)11-10-31-28(36)34(23-9-8-17-6-4-5-7-20(17)23)27(35)19-12-18-13-21-22(15-29)26(30)37-25(21)14-24(18)33(3)16-19/h4-7,18-19,23-24H,8-14,16,30H2,1-3H3,(H,31,36)/t18-,19-,23?,24-/m1/s1. The van der Waals surface area contributed by atoms with Crippen molar-refractivity contribution in [2.24, 2.45) is 11.8 Å². The Kier molecular flexibility index (Phi) is 7.26. The molecule has 8 nitrogen and oxygen atoms in total. The molecule has 2 aliphatic carbocycles. The molecule has 2 heterocycles. The Hall–Kier alpha value is -2.93. The van der Waals surface area contributed by atoms with E-state index in [0.717, 1.165) is 36.8 Å². The summed E-state index contributed by atoms with van der Waals surface area (Å²) >= 11 is 1.53. The highest BCUT2D eigenvalue weighted by Gasteiger charge is 2.45. The van der Waals surface area contributed by atoms with Crippen LogP contribution in [0, 0.1) is 23.2 Å². The fourth-order valence-corrected chi connectivity index (χ4v) is 7.62. The van der Waals surface area contributed by atoms with E-state index in [0.29, 0.717) is 42.7 Å². The number of imide groups is 1. The Morgan fingerprint density at radius 3 is 2.81 bits per heavy atom. The summed E-state index contributed by atoms with van der Waals surface area (Å²) < 4.78 is 0. The number of carbonyl (C=O) groups is 2. The number of carbonyl (C=O) groups excluding carboxylic acids is 2. The van der Waals surface area contributed by atoms with Gasteiger partial charge in [0.2, 0.25) is 5.91 Å². The number of nitrogen functional groups attached to an aromatic ring is 1. The molecule has 3 N–H and O–H groups in total. The lowest BCUT2D eigenvalue weighted by molar-refractivity contribution is -0.138. The molecular weight excluding hydrogens is 484 g/mol. The predicted molar refractivity (Wildman–Crippen MR) is 145 cm³/mol. The number of likely N-dealkylation sites (tertiary alicyclic amines) is 1. The molecule has 37 heavy (non-hydrogen) atoms. The molecule has 2 aromatic rings. The first-order chi connectivity index (χ1) is 17.8. The molecule has 196 valence electrons. The minimum Gasteiger partial charge on any atom is -0.389 e. The van der Waals surface area contributed by atoms with Crippen molar-refractivity contribution in [2.75, 3.05) is 46.5 Å². The third-order valence-electron chi connectivity index (χ3n) is 8.35. The Morgan fingerprint density at radius 2 is 2.05 bits per heavy atom. The highest BCUT2D eigenvalue weighted by atomic mass is 32.1. The molecule has 0 saturated carbocycles. The van der Waals surface area contributed by atoms with Crippen molar-refractivity contribution < 1.29 is 9.59 Å². The summed E-state index contributed by atoms with van der Waals surface area (Å²) in [5.41, 5.74) is 10.1. The molecular formula is C28H36N6O2S. The van der Waals surface area contributed by atoms with Crippen molar-refractivity contribution >= 4 is 28.3 Å². The van der Waals surface area contributed by atoms with E-state index >= 15 is 0 Å². The van der Waals surface area contributed by atoms with Gasteiger partial charge in [-0.25, -0.2) is 4.79 Å². The van der Waals surface area contributed by atoms with Crippen LogP contribution in [0.5, 0.6) is 0 Å². The summed E-state index contributed by atoms with van der Waals surface area (Å²) in [5, 5.41) is 13.3. The maximum atomic E-state index is 14.2. The molecule has 1 aromatic heterocycles. The van der Waals surface area contributed by atoms with Crippen LogP contribution in [0.3, 0.4) is 0 Å². The fraction of sp³-hybridized carbons (Fsp3) is 0.536. The van der Waals surface area contributed by atoms with Crippen LogP contribution < -0.4 is 11.1 Å². The van der Waals surface area contributed by atoms with Crippen LogP contribution in [0.2, 0.25) is 0 Å². The van der Waals surface area contributed by atoms with Gasteiger partial charge in [0.1, 0.15) is 11.1 Å². The smallest absolute Gasteiger partial charge is 0.324 e. The van der Waals surface area contributed by atoms with Crippen LogP contribution in [0.1, 0.15) is 46.0 Å². The molecule has 0 radical (unpaired) electrons. The number of likely N-dealkylation sites (N-methyl/N-ethyl adjacent to an activating group) is 2. The topological polar surface area (TPSA) is 106 Å². The second kappa shape index (κ2) is 10.4. The number of aryl methyl sites for hydroxylation is 1. The van der Waals surface area contributed by atoms with Crippen LogP contribution in [-0.2, 0) is 24.1 Å². The van der Waals surface area contributed by atoms with E-state index in [9.17, 15) is 14.9 Å². The van der Waals surface area contributed by atoms with E-state index in [2.05, 4.69) is 35.5 Å². The van der Waals surface area contributed by atoms with E-state index in [4.69, 9.17) is 5.73 Å². The average molecular weight is 521 g/mol. The SMILES string of the molecule is CN(C)CCNC(=O)N(C(=O)[C@@H]1C[C@@H]2Cc3c(sc(N)c3C#N)C[C@H]2N(C)C1)C1CCc2ccccc21. The van der Waals surface area contributed by atoms with Crippen LogP contribution in [0.15, 0.2) is 24.3 Å². The maximum absolute atomic E-state index is 14.2. The number of nitrogens with one attached hydrogen (secondary N) is 1. The van der Waals surface area contributed by atoms with Crippen LogP contribution >= 0.6 is 11.3 Å². The van der Waals surface area contributed by atoms with Gasteiger partial charge >= 0.3 is 6.03 Å². The molecule has 4 atom stereocenters. The number of urea groups is 1. The van der Waals surface area contributed by atoms with Gasteiger partial charge in [-0.1, -0.05) is 24.3 Å². The van der Waals surface area contributed by atoms with E-state index in [-0.39, 0.29) is 29.8 Å². The lowest BCUT2D eigenvalue weighted by atomic mass is 9.74. The number of nitrogens with two attached hydrogens (primary N) is 1. The largest absolute Gasteiger partial charge is 0.389 e. The predicted octanol–water partition coefficient (Wildman–Crippen LogP) is 3.02. The first-order valence-corrected chi connectivity index (χ1v) is 13.9. The van der Waals surface area contributed by atoms with Crippen LogP contribution in [-0.4, -0.2) is 73.5 Å². The summed E-state index contributed by atoms with van der Waals surface area (Å²) in [6.45, 7) is 1.81. The number of anilines is 1. The van der Waals surface area contributed by atoms with E-state index in [1.54, 1.807) is 0 Å². The second-order valence-corrected chi connectivity index (χ2v) is 12.1. The summed E-state index contributed by atoms with van der Waals surface area (Å²) in [6, 6.07) is 10.2. The number of thiophene rings is 1. The van der Waals surface area contributed by atoms with Crippen molar-refractivity contribution in [3.8, 4) is 6.07 Å². The molecule has 1 unspecified atom stereocenters. The van der Waals surface area contributed by atoms with Gasteiger partial charge in [0.05, 0.1) is 17.5 Å². The van der Waals surface area contributed by atoms with E-state index in [1.165, 1.54) is 26.7 Å². The number of benzene rings is 1.